The third-order valence-electron chi connectivity index (χ3n) is 5.66. The first-order valence-corrected chi connectivity index (χ1v) is 8.85. The van der Waals surface area contributed by atoms with Crippen LogP contribution in [-0.4, -0.2) is 30.6 Å². The molecule has 0 aromatic heterocycles. The topological polar surface area (TPSA) is 29.3 Å². The summed E-state index contributed by atoms with van der Waals surface area (Å²) in [6.07, 6.45) is 9.52. The van der Waals surface area contributed by atoms with Crippen molar-refractivity contribution in [1.82, 2.24) is 4.90 Å². The summed E-state index contributed by atoms with van der Waals surface area (Å²) >= 11 is 0. The minimum Gasteiger partial charge on any atom is -0.330 e. The van der Waals surface area contributed by atoms with Crippen LogP contribution >= 0.6 is 0 Å². The van der Waals surface area contributed by atoms with E-state index in [0.717, 1.165) is 24.4 Å². The fourth-order valence-electron chi connectivity index (χ4n) is 4.38. The molecule has 2 N–H and O–H groups in total. The highest BCUT2D eigenvalue weighted by atomic mass is 15.2. The lowest BCUT2D eigenvalue weighted by Crippen LogP contribution is -2.48. The van der Waals surface area contributed by atoms with Crippen molar-refractivity contribution in [1.29, 1.82) is 0 Å². The van der Waals surface area contributed by atoms with Crippen LogP contribution in [0.2, 0.25) is 0 Å². The smallest absolute Gasteiger partial charge is 0.0136 e. The van der Waals surface area contributed by atoms with Crippen molar-refractivity contribution in [2.75, 3.05) is 19.6 Å². The Labute approximate surface area is 129 Å². The molecule has 0 radical (unpaired) electrons. The number of nitrogens with two attached hydrogens (primary N) is 1. The van der Waals surface area contributed by atoms with E-state index in [1.165, 1.54) is 63.6 Å². The van der Waals surface area contributed by atoms with Gasteiger partial charge in [-0.15, -0.1) is 0 Å². The molecule has 1 aromatic carbocycles. The normalized spacial score (nSPS) is 28.6. The Morgan fingerprint density at radius 1 is 0.952 bits per heavy atom. The quantitative estimate of drug-likeness (QED) is 0.918. The second kappa shape index (κ2) is 7.42. The van der Waals surface area contributed by atoms with Crippen molar-refractivity contribution in [2.45, 2.75) is 51.0 Å². The Hall–Kier alpha value is -0.860. The molecule has 2 nitrogen and oxygen atoms in total. The molecule has 2 fully saturated rings. The van der Waals surface area contributed by atoms with Crippen molar-refractivity contribution in [3.63, 3.8) is 0 Å². The van der Waals surface area contributed by atoms with Crippen LogP contribution in [0.5, 0.6) is 0 Å². The molecule has 1 aromatic rings. The van der Waals surface area contributed by atoms with Crippen molar-refractivity contribution in [3.8, 4) is 0 Å². The van der Waals surface area contributed by atoms with Crippen LogP contribution in [0.25, 0.3) is 0 Å². The minimum absolute atomic E-state index is 0.754. The summed E-state index contributed by atoms with van der Waals surface area (Å²) in [6.45, 7) is 3.46. The highest BCUT2D eigenvalue weighted by Crippen LogP contribution is 2.31. The first-order chi connectivity index (χ1) is 10.4. The molecular weight excluding hydrogens is 256 g/mol. The van der Waals surface area contributed by atoms with Crippen LogP contribution in [0.3, 0.4) is 0 Å². The second-order valence-corrected chi connectivity index (χ2v) is 7.02. The first-order valence-electron chi connectivity index (χ1n) is 8.85. The van der Waals surface area contributed by atoms with Crippen molar-refractivity contribution in [2.24, 2.45) is 17.6 Å². The standard InChI is InChI=1S/C19H30N2/c20-15-18-8-4-5-9-19(18)21-12-10-17(11-13-21)14-16-6-2-1-3-7-16/h1-3,6-7,17-19H,4-5,8-15,20H2. The maximum absolute atomic E-state index is 6.00. The zero-order valence-corrected chi connectivity index (χ0v) is 13.2. The molecule has 1 aliphatic heterocycles. The van der Waals surface area contributed by atoms with Gasteiger partial charge in [0.15, 0.2) is 0 Å². The van der Waals surface area contributed by atoms with Crippen LogP contribution < -0.4 is 5.73 Å². The molecule has 0 spiro atoms. The second-order valence-electron chi connectivity index (χ2n) is 7.02. The van der Waals surface area contributed by atoms with Gasteiger partial charge in [0.05, 0.1) is 0 Å². The molecule has 3 rings (SSSR count). The van der Waals surface area contributed by atoms with Gasteiger partial charge in [-0.2, -0.15) is 0 Å². The molecule has 2 aliphatic rings. The molecule has 2 heteroatoms. The van der Waals surface area contributed by atoms with Crippen LogP contribution in [-0.2, 0) is 6.42 Å². The molecule has 1 saturated heterocycles. The summed E-state index contributed by atoms with van der Waals surface area (Å²) < 4.78 is 0. The predicted octanol–water partition coefficient (Wildman–Crippen LogP) is 3.46. The van der Waals surface area contributed by atoms with E-state index in [-0.39, 0.29) is 0 Å². The third kappa shape index (κ3) is 3.87. The summed E-state index contributed by atoms with van der Waals surface area (Å²) in [5.41, 5.74) is 7.51. The SMILES string of the molecule is NCC1CCCCC1N1CCC(Cc2ccccc2)CC1. The monoisotopic (exact) mass is 286 g/mol. The number of piperidine rings is 1. The molecule has 0 amide bonds. The van der Waals surface area contributed by atoms with Crippen LogP contribution in [0.4, 0.5) is 0 Å². The average Bonchev–Trinajstić information content (AvgIpc) is 2.56. The number of nitrogens with zero attached hydrogens (tertiary/aromatic N) is 1. The fourth-order valence-corrected chi connectivity index (χ4v) is 4.38. The summed E-state index contributed by atoms with van der Waals surface area (Å²) in [6, 6.07) is 11.8. The lowest BCUT2D eigenvalue weighted by Gasteiger charge is -2.43. The maximum Gasteiger partial charge on any atom is 0.0136 e. The van der Waals surface area contributed by atoms with Gasteiger partial charge >= 0.3 is 0 Å². The minimum atomic E-state index is 0.754. The van der Waals surface area contributed by atoms with E-state index in [1.807, 2.05) is 0 Å². The maximum atomic E-state index is 6.00. The molecule has 21 heavy (non-hydrogen) atoms. The Bertz CT molecular complexity index is 409. The largest absolute Gasteiger partial charge is 0.330 e. The van der Waals surface area contributed by atoms with Crippen LogP contribution in [0, 0.1) is 11.8 Å². The number of rotatable bonds is 4. The Balaban J connectivity index is 1.50. The van der Waals surface area contributed by atoms with Gasteiger partial charge in [0.2, 0.25) is 0 Å². The molecule has 2 unspecified atom stereocenters. The van der Waals surface area contributed by atoms with Gasteiger partial charge in [0, 0.05) is 6.04 Å². The van der Waals surface area contributed by atoms with E-state index in [4.69, 9.17) is 5.73 Å². The zero-order chi connectivity index (χ0) is 14.5. The molecule has 0 bridgehead atoms. The molecule has 1 saturated carbocycles. The molecule has 1 aliphatic carbocycles. The van der Waals surface area contributed by atoms with E-state index in [0.29, 0.717) is 0 Å². The van der Waals surface area contributed by atoms with Gasteiger partial charge in [-0.05, 0) is 69.1 Å². The summed E-state index contributed by atoms with van der Waals surface area (Å²) in [4.78, 5) is 2.76. The van der Waals surface area contributed by atoms with Gasteiger partial charge < -0.3 is 10.6 Å². The van der Waals surface area contributed by atoms with Crippen molar-refractivity contribution >= 4 is 0 Å². The lowest BCUT2D eigenvalue weighted by atomic mass is 9.81. The summed E-state index contributed by atoms with van der Waals surface area (Å²) in [7, 11) is 0. The Kier molecular flexibility index (Phi) is 5.32. The van der Waals surface area contributed by atoms with Gasteiger partial charge in [-0.1, -0.05) is 43.2 Å². The van der Waals surface area contributed by atoms with Crippen LogP contribution in [0.1, 0.15) is 44.1 Å². The van der Waals surface area contributed by atoms with Gasteiger partial charge in [-0.25, -0.2) is 0 Å². The highest BCUT2D eigenvalue weighted by molar-refractivity contribution is 5.15. The van der Waals surface area contributed by atoms with Gasteiger partial charge in [0.25, 0.3) is 0 Å². The Morgan fingerprint density at radius 3 is 2.38 bits per heavy atom. The van der Waals surface area contributed by atoms with E-state index in [1.54, 1.807) is 0 Å². The van der Waals surface area contributed by atoms with E-state index in [2.05, 4.69) is 35.2 Å². The number of hydrogen-bond acceptors (Lipinski definition) is 2. The molecule has 1 heterocycles. The van der Waals surface area contributed by atoms with Crippen LogP contribution in [0.15, 0.2) is 30.3 Å². The lowest BCUT2D eigenvalue weighted by molar-refractivity contribution is 0.0711. The van der Waals surface area contributed by atoms with E-state index >= 15 is 0 Å². The zero-order valence-electron chi connectivity index (χ0n) is 13.2. The summed E-state index contributed by atoms with van der Waals surface area (Å²) in [5, 5.41) is 0. The van der Waals surface area contributed by atoms with E-state index < -0.39 is 0 Å². The molecule has 2 atom stereocenters. The van der Waals surface area contributed by atoms with Crippen molar-refractivity contribution in [3.05, 3.63) is 35.9 Å². The number of hydrogen-bond donors (Lipinski definition) is 1. The van der Waals surface area contributed by atoms with E-state index in [9.17, 15) is 0 Å². The fraction of sp³-hybridized carbons (Fsp3) is 0.684. The number of benzene rings is 1. The average molecular weight is 286 g/mol. The molecule has 116 valence electrons. The first kappa shape index (κ1) is 15.1. The van der Waals surface area contributed by atoms with Gasteiger partial charge in [-0.3, -0.25) is 0 Å². The third-order valence-corrected chi connectivity index (χ3v) is 5.66. The van der Waals surface area contributed by atoms with Crippen molar-refractivity contribution < 1.29 is 0 Å². The summed E-state index contributed by atoms with van der Waals surface area (Å²) in [5.74, 6) is 1.63. The molecular formula is C19H30N2. The highest BCUT2D eigenvalue weighted by Gasteiger charge is 2.31. The van der Waals surface area contributed by atoms with Gasteiger partial charge in [0.1, 0.15) is 0 Å². The Morgan fingerprint density at radius 2 is 1.67 bits per heavy atom. The number of likely N-dealkylation sites (tertiary alicyclic amines) is 1. The predicted molar refractivity (Wildman–Crippen MR) is 89.2 cm³/mol.